The fourth-order valence-electron chi connectivity index (χ4n) is 3.82. The van der Waals surface area contributed by atoms with Crippen molar-refractivity contribution >= 4 is 11.5 Å². The van der Waals surface area contributed by atoms with E-state index in [-0.39, 0.29) is 11.1 Å². The summed E-state index contributed by atoms with van der Waals surface area (Å²) >= 11 is 0. The van der Waals surface area contributed by atoms with Crippen molar-refractivity contribution in [2.75, 3.05) is 44.7 Å². The first-order valence-electron chi connectivity index (χ1n) is 10.6. The number of ether oxygens (including phenoxy) is 1. The summed E-state index contributed by atoms with van der Waals surface area (Å²) < 4.78 is 7.05. The maximum absolute atomic E-state index is 12.7. The molecule has 0 spiro atoms. The topological polar surface area (TPSA) is 87.5 Å². The highest BCUT2D eigenvalue weighted by Gasteiger charge is 2.26. The molecule has 3 aromatic rings. The van der Waals surface area contributed by atoms with E-state index in [1.54, 1.807) is 4.40 Å². The molecule has 0 saturated carbocycles. The smallest absolute Gasteiger partial charge is 0.348 e. The number of morpholine rings is 1. The van der Waals surface area contributed by atoms with Gasteiger partial charge in [0, 0.05) is 30.6 Å². The van der Waals surface area contributed by atoms with Crippen molar-refractivity contribution in [1.82, 2.24) is 24.5 Å². The Morgan fingerprint density at radius 3 is 2.60 bits per heavy atom. The number of benzene rings is 1. The lowest BCUT2D eigenvalue weighted by Gasteiger charge is -2.26. The number of nitrogens with zero attached hydrogens (tertiary/aromatic N) is 4. The van der Waals surface area contributed by atoms with E-state index in [9.17, 15) is 4.79 Å². The predicted molar refractivity (Wildman–Crippen MR) is 118 cm³/mol. The number of rotatable bonds is 6. The molecular formula is C22H30N6O2. The van der Waals surface area contributed by atoms with Crippen LogP contribution in [-0.4, -0.2) is 63.9 Å². The Bertz CT molecular complexity index is 1050. The molecule has 1 aliphatic heterocycles. The van der Waals surface area contributed by atoms with Crippen molar-refractivity contribution in [2.24, 2.45) is 0 Å². The van der Waals surface area contributed by atoms with Crippen LogP contribution in [0.1, 0.15) is 32.9 Å². The lowest BCUT2D eigenvalue weighted by atomic mass is 9.88. The lowest BCUT2D eigenvalue weighted by Crippen LogP contribution is -2.37. The van der Waals surface area contributed by atoms with Crippen molar-refractivity contribution in [3.63, 3.8) is 0 Å². The first-order valence-corrected chi connectivity index (χ1v) is 10.6. The molecule has 2 N–H and O–H groups in total. The highest BCUT2D eigenvalue weighted by Crippen LogP contribution is 2.33. The molecule has 0 bridgehead atoms. The van der Waals surface area contributed by atoms with Gasteiger partial charge < -0.3 is 10.1 Å². The standard InChI is InChI=1S/C22H30N6O2/c1-22(2,3)18-17(16-8-5-4-6-9-16)28-20(25-26-21(28)29)19(24-18)23-10-7-11-27-12-14-30-15-13-27/h4-6,8-9H,7,10-15H2,1-3H3,(H,23,24)(H,26,29). The van der Waals surface area contributed by atoms with Gasteiger partial charge in [0.25, 0.3) is 0 Å². The molecule has 8 nitrogen and oxygen atoms in total. The summed E-state index contributed by atoms with van der Waals surface area (Å²) in [5, 5.41) is 10.3. The second-order valence-electron chi connectivity index (χ2n) is 8.70. The summed E-state index contributed by atoms with van der Waals surface area (Å²) in [7, 11) is 0. The first kappa shape index (κ1) is 20.6. The Labute approximate surface area is 176 Å². The third kappa shape index (κ3) is 4.24. The molecule has 0 unspecified atom stereocenters. The fraction of sp³-hybridized carbons (Fsp3) is 0.500. The van der Waals surface area contributed by atoms with Gasteiger partial charge in [-0.1, -0.05) is 51.1 Å². The minimum Gasteiger partial charge on any atom is -0.379 e. The number of aromatic amines is 1. The van der Waals surface area contributed by atoms with Crippen LogP contribution in [0, 0.1) is 0 Å². The van der Waals surface area contributed by atoms with Gasteiger partial charge in [-0.05, 0) is 13.0 Å². The predicted octanol–water partition coefficient (Wildman–Crippen LogP) is 2.52. The average molecular weight is 411 g/mol. The molecule has 160 valence electrons. The van der Waals surface area contributed by atoms with Gasteiger partial charge in [-0.25, -0.2) is 19.3 Å². The summed E-state index contributed by atoms with van der Waals surface area (Å²) in [6.45, 7) is 11.7. The molecule has 3 heterocycles. The number of H-pyrrole nitrogens is 1. The Morgan fingerprint density at radius 1 is 1.17 bits per heavy atom. The van der Waals surface area contributed by atoms with Gasteiger partial charge in [0.1, 0.15) is 0 Å². The molecule has 0 radical (unpaired) electrons. The molecular weight excluding hydrogens is 380 g/mol. The van der Waals surface area contributed by atoms with Crippen LogP contribution in [0.25, 0.3) is 16.9 Å². The van der Waals surface area contributed by atoms with Gasteiger partial charge >= 0.3 is 5.69 Å². The molecule has 0 amide bonds. The van der Waals surface area contributed by atoms with E-state index in [0.29, 0.717) is 11.5 Å². The summed E-state index contributed by atoms with van der Waals surface area (Å²) in [6, 6.07) is 9.90. The summed E-state index contributed by atoms with van der Waals surface area (Å²) in [5.41, 5.74) is 2.62. The van der Waals surface area contributed by atoms with E-state index in [2.05, 4.69) is 41.2 Å². The van der Waals surface area contributed by atoms with Crippen LogP contribution >= 0.6 is 0 Å². The maximum Gasteiger partial charge on any atom is 0.348 e. The van der Waals surface area contributed by atoms with E-state index >= 15 is 0 Å². The molecule has 30 heavy (non-hydrogen) atoms. The molecule has 1 saturated heterocycles. The Morgan fingerprint density at radius 2 is 1.90 bits per heavy atom. The van der Waals surface area contributed by atoms with E-state index in [1.165, 1.54) is 0 Å². The van der Waals surface area contributed by atoms with Crippen molar-refractivity contribution in [2.45, 2.75) is 32.6 Å². The van der Waals surface area contributed by atoms with Gasteiger partial charge in [-0.3, -0.25) is 4.90 Å². The van der Waals surface area contributed by atoms with Gasteiger partial charge in [-0.15, -0.1) is 5.10 Å². The highest BCUT2D eigenvalue weighted by molar-refractivity contribution is 5.73. The molecule has 2 aromatic heterocycles. The number of hydrogen-bond donors (Lipinski definition) is 2. The number of aromatic nitrogens is 4. The Balaban J connectivity index is 1.67. The van der Waals surface area contributed by atoms with E-state index in [1.807, 2.05) is 30.3 Å². The third-order valence-electron chi connectivity index (χ3n) is 5.36. The van der Waals surface area contributed by atoms with Crippen LogP contribution in [0.4, 0.5) is 5.82 Å². The van der Waals surface area contributed by atoms with Crippen LogP contribution in [0.5, 0.6) is 0 Å². The summed E-state index contributed by atoms with van der Waals surface area (Å²) in [6.07, 6.45) is 0.980. The van der Waals surface area contributed by atoms with Gasteiger partial charge in [-0.2, -0.15) is 0 Å². The third-order valence-corrected chi connectivity index (χ3v) is 5.36. The fourth-order valence-corrected chi connectivity index (χ4v) is 3.82. The van der Waals surface area contributed by atoms with Crippen LogP contribution in [-0.2, 0) is 10.2 Å². The number of nitrogens with one attached hydrogen (secondary N) is 2. The normalized spacial score (nSPS) is 15.6. The van der Waals surface area contributed by atoms with Crippen molar-refractivity contribution in [3.05, 3.63) is 46.5 Å². The van der Waals surface area contributed by atoms with Crippen LogP contribution in [0.15, 0.2) is 35.1 Å². The Kier molecular flexibility index (Phi) is 5.87. The molecule has 4 rings (SSSR count). The molecule has 1 fully saturated rings. The van der Waals surface area contributed by atoms with Crippen LogP contribution in [0.2, 0.25) is 0 Å². The zero-order valence-corrected chi connectivity index (χ0v) is 17.9. The average Bonchev–Trinajstić information content (AvgIpc) is 3.13. The Hall–Kier alpha value is -2.71. The molecule has 0 aliphatic carbocycles. The quantitative estimate of drug-likeness (QED) is 0.607. The van der Waals surface area contributed by atoms with Crippen molar-refractivity contribution < 1.29 is 4.74 Å². The summed E-state index contributed by atoms with van der Waals surface area (Å²) in [4.78, 5) is 20.1. The van der Waals surface area contributed by atoms with Crippen LogP contribution in [0.3, 0.4) is 0 Å². The molecule has 1 aliphatic rings. The molecule has 8 heteroatoms. The van der Waals surface area contributed by atoms with E-state index in [0.717, 1.165) is 62.8 Å². The molecule has 0 atom stereocenters. The summed E-state index contributed by atoms with van der Waals surface area (Å²) in [5.74, 6) is 0.639. The van der Waals surface area contributed by atoms with Crippen molar-refractivity contribution in [1.29, 1.82) is 0 Å². The minimum atomic E-state index is -0.256. The largest absolute Gasteiger partial charge is 0.379 e. The monoisotopic (exact) mass is 410 g/mol. The second-order valence-corrected chi connectivity index (χ2v) is 8.70. The zero-order valence-electron chi connectivity index (χ0n) is 17.9. The lowest BCUT2D eigenvalue weighted by molar-refractivity contribution is 0.0378. The molecule has 1 aromatic carbocycles. The first-order chi connectivity index (χ1) is 14.4. The van der Waals surface area contributed by atoms with Gasteiger partial charge in [0.2, 0.25) is 5.65 Å². The zero-order chi connectivity index (χ0) is 21.1. The number of fused-ring (bicyclic) bond motifs is 1. The van der Waals surface area contributed by atoms with Crippen molar-refractivity contribution in [3.8, 4) is 11.3 Å². The second kappa shape index (κ2) is 8.57. The maximum atomic E-state index is 12.7. The highest BCUT2D eigenvalue weighted by atomic mass is 16.5. The van der Waals surface area contributed by atoms with Gasteiger partial charge in [0.05, 0.1) is 24.6 Å². The number of hydrogen-bond acceptors (Lipinski definition) is 6. The van der Waals surface area contributed by atoms with Gasteiger partial charge in [0.15, 0.2) is 5.82 Å². The van der Waals surface area contributed by atoms with E-state index < -0.39 is 0 Å². The van der Waals surface area contributed by atoms with E-state index in [4.69, 9.17) is 9.72 Å². The SMILES string of the molecule is CC(C)(C)c1nc(NCCCN2CCOCC2)c2n[nH]c(=O)n2c1-c1ccccc1. The number of anilines is 1. The van der Waals surface area contributed by atoms with Crippen LogP contribution < -0.4 is 11.0 Å². The minimum absolute atomic E-state index is 0.250.